The average molecular weight is 341 g/mol. The number of halogens is 2. The number of ether oxygens (including phenoxy) is 1. The maximum Gasteiger partial charge on any atom is 0.123 e. The Balaban J connectivity index is 1.84. The van der Waals surface area contributed by atoms with Crippen molar-refractivity contribution < 1.29 is 4.74 Å². The van der Waals surface area contributed by atoms with Crippen molar-refractivity contribution in [2.45, 2.75) is 6.92 Å². The monoisotopic (exact) mass is 339 g/mol. The zero-order valence-corrected chi connectivity index (χ0v) is 13.0. The molecule has 0 amide bonds. The van der Waals surface area contributed by atoms with Crippen LogP contribution in [0.25, 0.3) is 0 Å². The van der Waals surface area contributed by atoms with Crippen molar-refractivity contribution in [1.29, 1.82) is 0 Å². The summed E-state index contributed by atoms with van der Waals surface area (Å²) in [6, 6.07) is 13.7. The van der Waals surface area contributed by atoms with Gasteiger partial charge < -0.3 is 10.1 Å². The van der Waals surface area contributed by atoms with Gasteiger partial charge in [-0.15, -0.1) is 0 Å². The lowest BCUT2D eigenvalue weighted by Gasteiger charge is -2.11. The molecule has 0 saturated heterocycles. The van der Waals surface area contributed by atoms with Crippen molar-refractivity contribution in [3.8, 4) is 5.75 Å². The molecule has 0 aliphatic carbocycles. The van der Waals surface area contributed by atoms with Crippen LogP contribution in [0.4, 0.5) is 5.69 Å². The number of anilines is 1. The summed E-state index contributed by atoms with van der Waals surface area (Å²) in [6.45, 7) is 3.32. The number of hydrogen-bond donors (Lipinski definition) is 1. The first kappa shape index (κ1) is 14.2. The predicted octanol–water partition coefficient (Wildman–Crippen LogP) is 4.90. The second kappa shape index (κ2) is 6.83. The smallest absolute Gasteiger partial charge is 0.123 e. The molecule has 0 aliphatic rings. The van der Waals surface area contributed by atoms with Gasteiger partial charge >= 0.3 is 0 Å². The number of benzene rings is 2. The summed E-state index contributed by atoms with van der Waals surface area (Å²) in [5, 5.41) is 4.01. The highest BCUT2D eigenvalue weighted by atomic mass is 79.9. The molecule has 100 valence electrons. The van der Waals surface area contributed by atoms with E-state index in [1.54, 1.807) is 0 Å². The van der Waals surface area contributed by atoms with E-state index in [4.69, 9.17) is 16.3 Å². The second-order valence-electron chi connectivity index (χ2n) is 4.16. The third-order valence-corrected chi connectivity index (χ3v) is 3.63. The van der Waals surface area contributed by atoms with Gasteiger partial charge in [-0.1, -0.05) is 29.8 Å². The molecule has 0 saturated carbocycles. The van der Waals surface area contributed by atoms with Gasteiger partial charge in [0.1, 0.15) is 12.4 Å². The van der Waals surface area contributed by atoms with Gasteiger partial charge in [-0.05, 0) is 52.7 Å². The van der Waals surface area contributed by atoms with E-state index >= 15 is 0 Å². The maximum atomic E-state index is 5.94. The molecule has 0 aliphatic heterocycles. The lowest BCUT2D eigenvalue weighted by atomic mass is 10.2. The molecule has 2 rings (SSSR count). The molecular formula is C15H15BrClNO. The van der Waals surface area contributed by atoms with E-state index in [1.807, 2.05) is 49.4 Å². The van der Waals surface area contributed by atoms with Crippen molar-refractivity contribution in [2.24, 2.45) is 0 Å². The average Bonchev–Trinajstić information content (AvgIpc) is 2.40. The van der Waals surface area contributed by atoms with Gasteiger partial charge in [0.05, 0.1) is 0 Å². The van der Waals surface area contributed by atoms with Gasteiger partial charge in [-0.2, -0.15) is 0 Å². The normalized spacial score (nSPS) is 10.3. The molecule has 0 fully saturated rings. The van der Waals surface area contributed by atoms with E-state index in [1.165, 1.54) is 0 Å². The van der Waals surface area contributed by atoms with Crippen LogP contribution in [0.1, 0.15) is 5.56 Å². The Kier molecular flexibility index (Phi) is 5.11. The Morgan fingerprint density at radius 2 is 2.00 bits per heavy atom. The first-order valence-corrected chi connectivity index (χ1v) is 7.21. The van der Waals surface area contributed by atoms with Gasteiger partial charge in [0, 0.05) is 21.7 Å². The van der Waals surface area contributed by atoms with Gasteiger partial charge in [0.15, 0.2) is 0 Å². The molecule has 2 aromatic rings. The molecule has 4 heteroatoms. The fraction of sp³-hybridized carbons (Fsp3) is 0.200. The van der Waals surface area contributed by atoms with Crippen LogP contribution in [0.3, 0.4) is 0 Å². The van der Waals surface area contributed by atoms with Crippen molar-refractivity contribution in [2.75, 3.05) is 18.5 Å². The van der Waals surface area contributed by atoms with E-state index in [0.29, 0.717) is 11.6 Å². The molecular weight excluding hydrogens is 326 g/mol. The van der Waals surface area contributed by atoms with E-state index < -0.39 is 0 Å². The minimum absolute atomic E-state index is 0.586. The molecule has 0 aromatic heterocycles. The van der Waals surface area contributed by atoms with Gasteiger partial charge in [0.25, 0.3) is 0 Å². The zero-order valence-electron chi connectivity index (χ0n) is 10.6. The van der Waals surface area contributed by atoms with Crippen molar-refractivity contribution in [3.63, 3.8) is 0 Å². The van der Waals surface area contributed by atoms with Crippen LogP contribution in [0.2, 0.25) is 5.02 Å². The van der Waals surface area contributed by atoms with Crippen LogP contribution < -0.4 is 10.1 Å². The van der Waals surface area contributed by atoms with Crippen LogP contribution in [-0.2, 0) is 0 Å². The number of aryl methyl sites for hydroxylation is 1. The largest absolute Gasteiger partial charge is 0.491 e. The molecule has 0 atom stereocenters. The molecule has 2 aromatic carbocycles. The molecule has 19 heavy (non-hydrogen) atoms. The van der Waals surface area contributed by atoms with E-state index in [0.717, 1.165) is 28.0 Å². The van der Waals surface area contributed by atoms with E-state index in [9.17, 15) is 0 Å². The highest BCUT2D eigenvalue weighted by Gasteiger charge is 2.01. The Labute approximate surface area is 126 Å². The molecule has 0 heterocycles. The molecule has 0 bridgehead atoms. The summed E-state index contributed by atoms with van der Waals surface area (Å²) < 4.78 is 6.77. The zero-order chi connectivity index (χ0) is 13.7. The molecule has 0 unspecified atom stereocenters. The SMILES string of the molecule is Cc1ccc(Cl)cc1OCCNc1ccccc1Br. The third kappa shape index (κ3) is 4.15. The van der Waals surface area contributed by atoms with Gasteiger partial charge in [0.2, 0.25) is 0 Å². The third-order valence-electron chi connectivity index (χ3n) is 2.70. The lowest BCUT2D eigenvalue weighted by molar-refractivity contribution is 0.330. The fourth-order valence-corrected chi connectivity index (χ4v) is 2.27. The predicted molar refractivity (Wildman–Crippen MR) is 84.3 cm³/mol. The van der Waals surface area contributed by atoms with E-state index in [2.05, 4.69) is 21.2 Å². The summed E-state index contributed by atoms with van der Waals surface area (Å²) >= 11 is 9.44. The van der Waals surface area contributed by atoms with Crippen LogP contribution in [0.5, 0.6) is 5.75 Å². The van der Waals surface area contributed by atoms with Crippen molar-refractivity contribution in [3.05, 3.63) is 57.5 Å². The fourth-order valence-electron chi connectivity index (χ4n) is 1.68. The minimum Gasteiger partial charge on any atom is -0.491 e. The summed E-state index contributed by atoms with van der Waals surface area (Å²) in [7, 11) is 0. The van der Waals surface area contributed by atoms with Crippen molar-refractivity contribution >= 4 is 33.2 Å². The second-order valence-corrected chi connectivity index (χ2v) is 5.46. The number of hydrogen-bond acceptors (Lipinski definition) is 2. The van der Waals surface area contributed by atoms with Crippen LogP contribution in [-0.4, -0.2) is 13.2 Å². The van der Waals surface area contributed by atoms with Crippen LogP contribution in [0, 0.1) is 6.92 Å². The quantitative estimate of drug-likeness (QED) is 0.782. The minimum atomic E-state index is 0.586. The number of para-hydroxylation sites is 1. The summed E-state index contributed by atoms with van der Waals surface area (Å²) in [4.78, 5) is 0. The number of nitrogens with one attached hydrogen (secondary N) is 1. The Hall–Kier alpha value is -1.19. The standard InChI is InChI=1S/C15H15BrClNO/c1-11-6-7-12(17)10-15(11)19-9-8-18-14-5-3-2-4-13(14)16/h2-7,10,18H,8-9H2,1H3. The van der Waals surface area contributed by atoms with E-state index in [-0.39, 0.29) is 0 Å². The topological polar surface area (TPSA) is 21.3 Å². The van der Waals surface area contributed by atoms with Crippen LogP contribution >= 0.6 is 27.5 Å². The highest BCUT2D eigenvalue weighted by molar-refractivity contribution is 9.10. The molecule has 0 radical (unpaired) electrons. The first-order chi connectivity index (χ1) is 9.16. The molecule has 2 nitrogen and oxygen atoms in total. The number of rotatable bonds is 5. The first-order valence-electron chi connectivity index (χ1n) is 6.04. The lowest BCUT2D eigenvalue weighted by Crippen LogP contribution is -2.12. The van der Waals surface area contributed by atoms with Gasteiger partial charge in [-0.3, -0.25) is 0 Å². The van der Waals surface area contributed by atoms with Gasteiger partial charge in [-0.25, -0.2) is 0 Å². The van der Waals surface area contributed by atoms with Crippen molar-refractivity contribution in [1.82, 2.24) is 0 Å². The molecule has 0 spiro atoms. The summed E-state index contributed by atoms with van der Waals surface area (Å²) in [6.07, 6.45) is 0. The maximum absolute atomic E-state index is 5.94. The Bertz CT molecular complexity index is 560. The Morgan fingerprint density at radius 3 is 2.79 bits per heavy atom. The molecule has 1 N–H and O–H groups in total. The summed E-state index contributed by atoms with van der Waals surface area (Å²) in [5.74, 6) is 0.835. The Morgan fingerprint density at radius 1 is 1.21 bits per heavy atom. The van der Waals surface area contributed by atoms with Crippen LogP contribution in [0.15, 0.2) is 46.9 Å². The highest BCUT2D eigenvalue weighted by Crippen LogP contribution is 2.23. The summed E-state index contributed by atoms with van der Waals surface area (Å²) in [5.41, 5.74) is 2.15.